The van der Waals surface area contributed by atoms with E-state index in [1.807, 2.05) is 25.1 Å². The molecule has 0 spiro atoms. The summed E-state index contributed by atoms with van der Waals surface area (Å²) in [4.78, 5) is 0. The molecule has 0 atom stereocenters. The van der Waals surface area contributed by atoms with Crippen LogP contribution in [0.15, 0.2) is 42.5 Å². The van der Waals surface area contributed by atoms with Crippen molar-refractivity contribution in [2.45, 2.75) is 32.6 Å². The number of nitrogens with zero attached hydrogens (tertiary/aromatic N) is 2. The number of benzene rings is 1. The Bertz CT molecular complexity index is 703. The Hall–Kier alpha value is -2.15. The van der Waals surface area contributed by atoms with Gasteiger partial charge in [-0.2, -0.15) is 0 Å². The van der Waals surface area contributed by atoms with Crippen LogP contribution in [0.1, 0.15) is 31.7 Å². The molecule has 1 aromatic carbocycles. The summed E-state index contributed by atoms with van der Waals surface area (Å²) in [5.74, 6) is 0.991. The van der Waals surface area contributed by atoms with E-state index in [1.54, 1.807) is 12.1 Å². The number of hydrogen-bond acceptors (Lipinski definition) is 5. The lowest BCUT2D eigenvalue weighted by Gasteiger charge is -2.08. The molecule has 24 heavy (non-hydrogen) atoms. The van der Waals surface area contributed by atoms with E-state index in [4.69, 9.17) is 0 Å². The van der Waals surface area contributed by atoms with Gasteiger partial charge in [0, 0.05) is 6.54 Å². The van der Waals surface area contributed by atoms with E-state index in [0.717, 1.165) is 25.8 Å². The number of aryl methyl sites for hydroxylation is 1. The molecular weight excluding hydrogens is 324 g/mol. The quantitative estimate of drug-likeness (QED) is 0.645. The van der Waals surface area contributed by atoms with E-state index in [1.165, 1.54) is 5.56 Å². The predicted molar refractivity (Wildman–Crippen MR) is 97.6 cm³/mol. The Morgan fingerprint density at radius 2 is 1.67 bits per heavy atom. The highest BCUT2D eigenvalue weighted by atomic mass is 32.2. The molecule has 1 heterocycles. The third kappa shape index (κ3) is 6.54. The molecule has 0 aliphatic carbocycles. The van der Waals surface area contributed by atoms with Crippen LogP contribution in [0.5, 0.6) is 0 Å². The summed E-state index contributed by atoms with van der Waals surface area (Å²) in [5, 5.41) is 11.1. The van der Waals surface area contributed by atoms with Crippen molar-refractivity contribution in [3.8, 4) is 0 Å². The molecule has 7 heteroatoms. The molecule has 130 valence electrons. The van der Waals surface area contributed by atoms with Crippen LogP contribution >= 0.6 is 0 Å². The van der Waals surface area contributed by atoms with E-state index >= 15 is 0 Å². The number of anilines is 2. The second kappa shape index (κ2) is 9.22. The number of nitrogens with one attached hydrogen (secondary N) is 2. The largest absolute Gasteiger partial charge is 0.369 e. The van der Waals surface area contributed by atoms with Crippen molar-refractivity contribution in [3.05, 3.63) is 48.0 Å². The fourth-order valence-corrected chi connectivity index (χ4v) is 3.38. The third-order valence-corrected chi connectivity index (χ3v) is 4.83. The summed E-state index contributed by atoms with van der Waals surface area (Å²) in [6.45, 7) is 2.73. The van der Waals surface area contributed by atoms with Crippen LogP contribution in [0, 0.1) is 0 Å². The SMILES string of the molecule is CCCCS(=O)(=O)Nc1ccc(NCCCc2ccccc2)nn1. The maximum absolute atomic E-state index is 11.8. The summed E-state index contributed by atoms with van der Waals surface area (Å²) in [5.41, 5.74) is 1.31. The van der Waals surface area contributed by atoms with Gasteiger partial charge < -0.3 is 5.32 Å². The van der Waals surface area contributed by atoms with E-state index in [2.05, 4.69) is 32.4 Å². The zero-order chi connectivity index (χ0) is 17.3. The summed E-state index contributed by atoms with van der Waals surface area (Å²) in [7, 11) is -3.33. The Morgan fingerprint density at radius 1 is 0.958 bits per heavy atom. The molecule has 0 aliphatic heterocycles. The van der Waals surface area contributed by atoms with Crippen LogP contribution < -0.4 is 10.0 Å². The molecule has 2 N–H and O–H groups in total. The van der Waals surface area contributed by atoms with E-state index in [9.17, 15) is 8.42 Å². The van der Waals surface area contributed by atoms with Crippen molar-refractivity contribution in [2.24, 2.45) is 0 Å². The van der Waals surface area contributed by atoms with Crippen LogP contribution in [-0.4, -0.2) is 30.9 Å². The minimum atomic E-state index is -3.33. The first-order chi connectivity index (χ1) is 11.6. The van der Waals surface area contributed by atoms with Crippen LogP contribution in [0.4, 0.5) is 11.6 Å². The Balaban J connectivity index is 1.75. The van der Waals surface area contributed by atoms with Crippen molar-refractivity contribution >= 4 is 21.7 Å². The van der Waals surface area contributed by atoms with Gasteiger partial charge in [-0.1, -0.05) is 43.7 Å². The highest BCUT2D eigenvalue weighted by Crippen LogP contribution is 2.09. The Morgan fingerprint density at radius 3 is 2.33 bits per heavy atom. The Kier molecular flexibility index (Phi) is 6.99. The summed E-state index contributed by atoms with van der Waals surface area (Å²) >= 11 is 0. The highest BCUT2D eigenvalue weighted by Gasteiger charge is 2.10. The smallest absolute Gasteiger partial charge is 0.233 e. The summed E-state index contributed by atoms with van der Waals surface area (Å²) in [6.07, 6.45) is 3.44. The highest BCUT2D eigenvalue weighted by molar-refractivity contribution is 7.92. The number of aromatic nitrogens is 2. The minimum Gasteiger partial charge on any atom is -0.369 e. The fraction of sp³-hybridized carbons (Fsp3) is 0.412. The second-order valence-corrected chi connectivity index (χ2v) is 7.44. The molecule has 1 aromatic heterocycles. The lowest BCUT2D eigenvalue weighted by molar-refractivity contribution is 0.597. The average Bonchev–Trinajstić information content (AvgIpc) is 2.59. The fourth-order valence-electron chi connectivity index (χ4n) is 2.18. The van der Waals surface area contributed by atoms with Gasteiger partial charge in [0.15, 0.2) is 5.82 Å². The first-order valence-electron chi connectivity index (χ1n) is 8.21. The molecule has 0 fully saturated rings. The van der Waals surface area contributed by atoms with Gasteiger partial charge in [-0.05, 0) is 37.0 Å². The van der Waals surface area contributed by atoms with Crippen molar-refractivity contribution in [1.29, 1.82) is 0 Å². The number of sulfonamides is 1. The zero-order valence-corrected chi connectivity index (χ0v) is 14.7. The van der Waals surface area contributed by atoms with Crippen molar-refractivity contribution in [1.82, 2.24) is 10.2 Å². The monoisotopic (exact) mass is 348 g/mol. The molecule has 0 amide bonds. The lowest BCUT2D eigenvalue weighted by Crippen LogP contribution is -2.17. The van der Waals surface area contributed by atoms with Crippen LogP contribution in [0.25, 0.3) is 0 Å². The van der Waals surface area contributed by atoms with Gasteiger partial charge in [0.25, 0.3) is 0 Å². The van der Waals surface area contributed by atoms with Gasteiger partial charge in [-0.15, -0.1) is 10.2 Å². The Labute approximate surface area is 143 Å². The molecule has 2 aromatic rings. The molecule has 6 nitrogen and oxygen atoms in total. The van der Waals surface area contributed by atoms with Gasteiger partial charge in [-0.25, -0.2) is 8.42 Å². The van der Waals surface area contributed by atoms with Crippen LogP contribution in [0.3, 0.4) is 0 Å². The zero-order valence-electron chi connectivity index (χ0n) is 13.9. The molecule has 0 bridgehead atoms. The van der Waals surface area contributed by atoms with E-state index in [-0.39, 0.29) is 11.6 Å². The number of unbranched alkanes of at least 4 members (excludes halogenated alkanes) is 1. The van der Waals surface area contributed by atoms with Gasteiger partial charge in [0.1, 0.15) is 5.82 Å². The summed E-state index contributed by atoms with van der Waals surface area (Å²) < 4.78 is 26.0. The van der Waals surface area contributed by atoms with Gasteiger partial charge >= 0.3 is 0 Å². The average molecular weight is 348 g/mol. The summed E-state index contributed by atoms with van der Waals surface area (Å²) in [6, 6.07) is 13.7. The molecule has 0 saturated carbocycles. The lowest BCUT2D eigenvalue weighted by atomic mass is 10.1. The first kappa shape index (κ1) is 18.2. The maximum atomic E-state index is 11.8. The standard InChI is InChI=1S/C17H24N4O2S/c1-2-3-14-24(22,23)21-17-12-11-16(19-20-17)18-13-7-10-15-8-5-4-6-9-15/h4-6,8-9,11-12H,2-3,7,10,13-14H2,1H3,(H,18,19)(H,20,21). The van der Waals surface area contributed by atoms with Gasteiger partial charge in [0.2, 0.25) is 10.0 Å². The van der Waals surface area contributed by atoms with Crippen molar-refractivity contribution in [3.63, 3.8) is 0 Å². The van der Waals surface area contributed by atoms with Gasteiger partial charge in [-0.3, -0.25) is 4.72 Å². The van der Waals surface area contributed by atoms with Crippen molar-refractivity contribution < 1.29 is 8.42 Å². The topological polar surface area (TPSA) is 84.0 Å². The number of rotatable bonds is 10. The molecular formula is C17H24N4O2S. The second-order valence-electron chi connectivity index (χ2n) is 5.59. The van der Waals surface area contributed by atoms with Gasteiger partial charge in [0.05, 0.1) is 5.75 Å². The predicted octanol–water partition coefficient (Wildman–Crippen LogP) is 3.06. The van der Waals surface area contributed by atoms with E-state index < -0.39 is 10.0 Å². The molecule has 0 saturated heterocycles. The normalized spacial score (nSPS) is 11.2. The van der Waals surface area contributed by atoms with Crippen molar-refractivity contribution in [2.75, 3.05) is 22.3 Å². The third-order valence-electron chi connectivity index (χ3n) is 3.48. The van der Waals surface area contributed by atoms with Crippen LogP contribution in [0.2, 0.25) is 0 Å². The first-order valence-corrected chi connectivity index (χ1v) is 9.86. The molecule has 0 unspecified atom stereocenters. The van der Waals surface area contributed by atoms with Crippen LogP contribution in [-0.2, 0) is 16.4 Å². The number of hydrogen-bond donors (Lipinski definition) is 2. The van der Waals surface area contributed by atoms with E-state index in [0.29, 0.717) is 12.2 Å². The molecule has 0 aliphatic rings. The molecule has 2 rings (SSSR count). The maximum Gasteiger partial charge on any atom is 0.233 e. The minimum absolute atomic E-state index is 0.102. The molecule has 0 radical (unpaired) electrons.